The van der Waals surface area contributed by atoms with Crippen molar-refractivity contribution in [3.63, 3.8) is 0 Å². The normalized spacial score (nSPS) is 12.5. The van der Waals surface area contributed by atoms with E-state index in [0.29, 0.717) is 18.8 Å². The molecule has 0 unspecified atom stereocenters. The summed E-state index contributed by atoms with van der Waals surface area (Å²) in [5.74, 6) is -0.365. The molecule has 15 heavy (non-hydrogen) atoms. The summed E-state index contributed by atoms with van der Waals surface area (Å²) in [5.41, 5.74) is 0.459. The monoisotopic (exact) mass is 212 g/mol. The van der Waals surface area contributed by atoms with Crippen LogP contribution < -0.4 is 0 Å². The summed E-state index contributed by atoms with van der Waals surface area (Å²) in [4.78, 5) is 11.5. The summed E-state index contributed by atoms with van der Waals surface area (Å²) in [6.07, 6.45) is 2.86. The number of carbonyl (C=O) groups excluding carboxylic acids is 1. The third kappa shape index (κ3) is 3.71. The average molecular weight is 212 g/mol. The minimum Gasteiger partial charge on any atom is -0.457 e. The van der Waals surface area contributed by atoms with Crippen molar-refractivity contribution in [1.82, 2.24) is 9.78 Å². The highest BCUT2D eigenvalue weighted by atomic mass is 16.6. The van der Waals surface area contributed by atoms with E-state index in [-0.39, 0.29) is 12.1 Å². The van der Waals surface area contributed by atoms with Gasteiger partial charge in [-0.1, -0.05) is 0 Å². The van der Waals surface area contributed by atoms with Crippen LogP contribution in [0, 0.1) is 0 Å². The van der Waals surface area contributed by atoms with Crippen molar-refractivity contribution in [2.45, 2.75) is 20.0 Å². The van der Waals surface area contributed by atoms with Crippen molar-refractivity contribution < 1.29 is 14.3 Å². The first-order valence-corrected chi connectivity index (χ1v) is 4.90. The van der Waals surface area contributed by atoms with E-state index in [1.165, 1.54) is 6.20 Å². The Labute approximate surface area is 89.0 Å². The Kier molecular flexibility index (Phi) is 4.30. The zero-order chi connectivity index (χ0) is 11.3. The maximum Gasteiger partial charge on any atom is 0.341 e. The van der Waals surface area contributed by atoms with Crippen LogP contribution in [0.4, 0.5) is 0 Å². The number of aromatic nitrogens is 2. The number of carbonyl (C=O) groups is 1. The Hall–Kier alpha value is -1.36. The predicted molar refractivity (Wildman–Crippen MR) is 54.6 cm³/mol. The summed E-state index contributed by atoms with van der Waals surface area (Å²) < 4.78 is 11.8. The predicted octanol–water partition coefficient (Wildman–Crippen LogP) is 1.00. The number of rotatable bonds is 5. The molecule has 1 atom stereocenters. The number of aryl methyl sites for hydroxylation is 1. The third-order valence-electron chi connectivity index (χ3n) is 1.81. The summed E-state index contributed by atoms with van der Waals surface area (Å²) in [5, 5.41) is 3.89. The van der Waals surface area contributed by atoms with Gasteiger partial charge in [-0.3, -0.25) is 4.68 Å². The number of hydrogen-bond donors (Lipinski definition) is 0. The van der Waals surface area contributed by atoms with E-state index in [1.54, 1.807) is 24.9 Å². The Balaban J connectivity index is 2.42. The lowest BCUT2D eigenvalue weighted by Gasteiger charge is -2.11. The summed E-state index contributed by atoms with van der Waals surface area (Å²) in [7, 11) is 1.75. The number of hydrogen-bond acceptors (Lipinski definition) is 4. The van der Waals surface area contributed by atoms with E-state index < -0.39 is 0 Å². The lowest BCUT2D eigenvalue weighted by molar-refractivity contribution is 0.00439. The minimum atomic E-state index is -0.365. The second-order valence-electron chi connectivity index (χ2n) is 3.28. The largest absolute Gasteiger partial charge is 0.457 e. The Bertz CT molecular complexity index is 322. The van der Waals surface area contributed by atoms with Gasteiger partial charge in [-0.2, -0.15) is 5.10 Å². The van der Waals surface area contributed by atoms with Crippen molar-refractivity contribution in [3.05, 3.63) is 18.0 Å². The molecule has 1 aromatic rings. The van der Waals surface area contributed by atoms with Gasteiger partial charge in [0.1, 0.15) is 6.10 Å². The van der Waals surface area contributed by atoms with Crippen LogP contribution in [0.3, 0.4) is 0 Å². The fraction of sp³-hybridized carbons (Fsp3) is 0.600. The van der Waals surface area contributed by atoms with E-state index in [2.05, 4.69) is 5.10 Å². The first kappa shape index (κ1) is 11.7. The molecular formula is C10H16N2O3. The van der Waals surface area contributed by atoms with Gasteiger partial charge in [-0.05, 0) is 13.8 Å². The second-order valence-corrected chi connectivity index (χ2v) is 3.28. The minimum absolute atomic E-state index is 0.238. The summed E-state index contributed by atoms with van der Waals surface area (Å²) in [6, 6.07) is 0. The average Bonchev–Trinajstić information content (AvgIpc) is 2.61. The van der Waals surface area contributed by atoms with E-state index in [9.17, 15) is 4.79 Å². The van der Waals surface area contributed by atoms with Crippen LogP contribution in [0.2, 0.25) is 0 Å². The molecule has 84 valence electrons. The summed E-state index contributed by atoms with van der Waals surface area (Å²) in [6.45, 7) is 4.73. The molecule has 0 aliphatic carbocycles. The quantitative estimate of drug-likeness (QED) is 0.683. The van der Waals surface area contributed by atoms with Gasteiger partial charge in [0.05, 0.1) is 18.4 Å². The molecule has 5 heteroatoms. The third-order valence-corrected chi connectivity index (χ3v) is 1.81. The van der Waals surface area contributed by atoms with E-state index >= 15 is 0 Å². The Morgan fingerprint density at radius 2 is 2.40 bits per heavy atom. The van der Waals surface area contributed by atoms with Gasteiger partial charge in [0, 0.05) is 19.9 Å². The first-order valence-electron chi connectivity index (χ1n) is 4.90. The molecule has 0 spiro atoms. The van der Waals surface area contributed by atoms with Gasteiger partial charge in [0.2, 0.25) is 0 Å². The van der Waals surface area contributed by atoms with Gasteiger partial charge in [0.15, 0.2) is 0 Å². The highest BCUT2D eigenvalue weighted by molar-refractivity contribution is 5.88. The highest BCUT2D eigenvalue weighted by Crippen LogP contribution is 2.02. The Morgan fingerprint density at radius 1 is 1.67 bits per heavy atom. The van der Waals surface area contributed by atoms with Gasteiger partial charge in [-0.25, -0.2) is 4.79 Å². The number of nitrogens with zero attached hydrogens (tertiary/aromatic N) is 2. The van der Waals surface area contributed by atoms with Gasteiger partial charge in [-0.15, -0.1) is 0 Å². The fourth-order valence-corrected chi connectivity index (χ4v) is 1.10. The molecular weight excluding hydrogens is 196 g/mol. The van der Waals surface area contributed by atoms with Crippen LogP contribution in [0.5, 0.6) is 0 Å². The van der Waals surface area contributed by atoms with Crippen molar-refractivity contribution in [3.8, 4) is 0 Å². The molecule has 0 aliphatic heterocycles. The highest BCUT2D eigenvalue weighted by Gasteiger charge is 2.13. The molecule has 0 aliphatic rings. The second kappa shape index (κ2) is 5.50. The maximum atomic E-state index is 11.5. The Morgan fingerprint density at radius 3 is 2.93 bits per heavy atom. The van der Waals surface area contributed by atoms with Crippen LogP contribution in [0.15, 0.2) is 12.4 Å². The standard InChI is InChI=1S/C10H16N2O3/c1-4-14-7-8(2)15-10(13)9-5-11-12(3)6-9/h5-6,8H,4,7H2,1-3H3/t8-/m0/s1. The van der Waals surface area contributed by atoms with Crippen LogP contribution >= 0.6 is 0 Å². The summed E-state index contributed by atoms with van der Waals surface area (Å²) >= 11 is 0. The van der Waals surface area contributed by atoms with Crippen molar-refractivity contribution in [2.75, 3.05) is 13.2 Å². The molecule has 0 amide bonds. The molecule has 0 N–H and O–H groups in total. The van der Waals surface area contributed by atoms with Crippen LogP contribution in [-0.4, -0.2) is 35.1 Å². The SMILES string of the molecule is CCOC[C@H](C)OC(=O)c1cnn(C)c1. The zero-order valence-corrected chi connectivity index (χ0v) is 9.27. The molecule has 1 aromatic heterocycles. The van der Waals surface area contributed by atoms with Crippen LogP contribution in [-0.2, 0) is 16.5 Å². The van der Waals surface area contributed by atoms with Crippen molar-refractivity contribution in [2.24, 2.45) is 7.05 Å². The first-order chi connectivity index (χ1) is 7.13. The molecule has 0 aromatic carbocycles. The van der Waals surface area contributed by atoms with Gasteiger partial charge < -0.3 is 9.47 Å². The van der Waals surface area contributed by atoms with E-state index in [0.717, 1.165) is 0 Å². The smallest absolute Gasteiger partial charge is 0.341 e. The van der Waals surface area contributed by atoms with Crippen LogP contribution in [0.1, 0.15) is 24.2 Å². The molecule has 5 nitrogen and oxygen atoms in total. The van der Waals surface area contributed by atoms with Gasteiger partial charge in [0.25, 0.3) is 0 Å². The maximum absolute atomic E-state index is 11.5. The number of esters is 1. The lowest BCUT2D eigenvalue weighted by atomic mass is 10.3. The van der Waals surface area contributed by atoms with Crippen molar-refractivity contribution >= 4 is 5.97 Å². The zero-order valence-electron chi connectivity index (χ0n) is 9.27. The molecule has 1 rings (SSSR count). The fourth-order valence-electron chi connectivity index (χ4n) is 1.10. The lowest BCUT2D eigenvalue weighted by Crippen LogP contribution is -2.20. The van der Waals surface area contributed by atoms with E-state index in [1.807, 2.05) is 6.92 Å². The van der Waals surface area contributed by atoms with E-state index in [4.69, 9.17) is 9.47 Å². The molecule has 1 heterocycles. The number of ether oxygens (including phenoxy) is 2. The molecule has 0 saturated carbocycles. The topological polar surface area (TPSA) is 53.4 Å². The molecule has 0 fully saturated rings. The molecule has 0 radical (unpaired) electrons. The molecule has 0 bridgehead atoms. The van der Waals surface area contributed by atoms with Gasteiger partial charge >= 0.3 is 5.97 Å². The van der Waals surface area contributed by atoms with Crippen molar-refractivity contribution in [1.29, 1.82) is 0 Å². The van der Waals surface area contributed by atoms with Crippen LogP contribution in [0.25, 0.3) is 0 Å². The molecule has 0 saturated heterocycles.